The largest absolute Gasteiger partial charge is 0.494 e. The van der Waals surface area contributed by atoms with E-state index in [0.717, 1.165) is 11.3 Å². The second-order valence-corrected chi connectivity index (χ2v) is 4.12. The van der Waals surface area contributed by atoms with Gasteiger partial charge in [0.05, 0.1) is 12.2 Å². The summed E-state index contributed by atoms with van der Waals surface area (Å²) in [5.74, 6) is 0.960. The fourth-order valence-corrected chi connectivity index (χ4v) is 1.71. The number of rotatable bonds is 5. The molecular formula is C16H14FNO2. The zero-order valence-corrected chi connectivity index (χ0v) is 11.1. The molecule has 0 atom stereocenters. The molecule has 0 aromatic heterocycles. The molecular weight excluding hydrogens is 257 g/mol. The molecule has 0 bridgehead atoms. The fraction of sp³-hybridized carbons (Fsp3) is 0.188. The molecule has 0 radical (unpaired) electrons. The first kappa shape index (κ1) is 13.9. The summed E-state index contributed by atoms with van der Waals surface area (Å²) < 4.78 is 24.1. The first-order valence-corrected chi connectivity index (χ1v) is 6.27. The molecule has 20 heavy (non-hydrogen) atoms. The maximum absolute atomic E-state index is 13.2. The van der Waals surface area contributed by atoms with E-state index in [-0.39, 0.29) is 12.2 Å². The summed E-state index contributed by atoms with van der Waals surface area (Å²) in [7, 11) is 0. The average molecular weight is 271 g/mol. The summed E-state index contributed by atoms with van der Waals surface area (Å²) in [6, 6.07) is 13.4. The molecule has 0 saturated carbocycles. The highest BCUT2D eigenvalue weighted by atomic mass is 19.1. The molecule has 3 nitrogen and oxygen atoms in total. The second-order valence-electron chi connectivity index (χ2n) is 4.12. The van der Waals surface area contributed by atoms with Crippen LogP contribution in [-0.2, 0) is 6.61 Å². The van der Waals surface area contributed by atoms with Crippen LogP contribution in [0.4, 0.5) is 4.39 Å². The molecule has 0 aliphatic carbocycles. The highest BCUT2D eigenvalue weighted by molar-refractivity contribution is 5.35. The Hall–Kier alpha value is -2.54. The SMILES string of the molecule is CCOc1ccc(OCc2ccc(F)c(C#N)c2)cc1. The molecule has 0 saturated heterocycles. The Kier molecular flexibility index (Phi) is 4.56. The quantitative estimate of drug-likeness (QED) is 0.833. The van der Waals surface area contributed by atoms with Gasteiger partial charge in [0.25, 0.3) is 0 Å². The van der Waals surface area contributed by atoms with E-state index in [1.54, 1.807) is 18.2 Å². The van der Waals surface area contributed by atoms with Gasteiger partial charge >= 0.3 is 0 Å². The lowest BCUT2D eigenvalue weighted by Gasteiger charge is -2.08. The van der Waals surface area contributed by atoms with E-state index in [2.05, 4.69) is 0 Å². The van der Waals surface area contributed by atoms with E-state index in [4.69, 9.17) is 14.7 Å². The van der Waals surface area contributed by atoms with E-state index in [9.17, 15) is 4.39 Å². The summed E-state index contributed by atoms with van der Waals surface area (Å²) in [4.78, 5) is 0. The zero-order valence-electron chi connectivity index (χ0n) is 11.1. The van der Waals surface area contributed by atoms with Crippen molar-refractivity contribution in [3.63, 3.8) is 0 Å². The van der Waals surface area contributed by atoms with E-state index < -0.39 is 5.82 Å². The Morgan fingerprint density at radius 3 is 2.30 bits per heavy atom. The van der Waals surface area contributed by atoms with Crippen molar-refractivity contribution in [1.82, 2.24) is 0 Å². The van der Waals surface area contributed by atoms with Gasteiger partial charge in [-0.05, 0) is 48.9 Å². The third-order valence-electron chi connectivity index (χ3n) is 2.69. The van der Waals surface area contributed by atoms with Crippen LogP contribution in [0.15, 0.2) is 42.5 Å². The van der Waals surface area contributed by atoms with Crippen LogP contribution >= 0.6 is 0 Å². The highest BCUT2D eigenvalue weighted by Crippen LogP contribution is 2.19. The predicted octanol–water partition coefficient (Wildman–Crippen LogP) is 3.68. The number of benzene rings is 2. The van der Waals surface area contributed by atoms with Crippen LogP contribution in [0, 0.1) is 17.1 Å². The molecule has 2 aromatic carbocycles. The predicted molar refractivity (Wildman–Crippen MR) is 73.1 cm³/mol. The molecule has 0 amide bonds. The molecule has 0 aliphatic heterocycles. The Labute approximate surface area is 117 Å². The van der Waals surface area contributed by atoms with Crippen LogP contribution in [0.1, 0.15) is 18.1 Å². The minimum Gasteiger partial charge on any atom is -0.494 e. The maximum Gasteiger partial charge on any atom is 0.140 e. The van der Waals surface area contributed by atoms with Crippen molar-refractivity contribution in [2.75, 3.05) is 6.61 Å². The Bertz CT molecular complexity index is 617. The summed E-state index contributed by atoms with van der Waals surface area (Å²) in [6.07, 6.45) is 0. The molecule has 0 fully saturated rings. The smallest absolute Gasteiger partial charge is 0.140 e. The van der Waals surface area contributed by atoms with Gasteiger partial charge in [0, 0.05) is 0 Å². The van der Waals surface area contributed by atoms with Gasteiger partial charge in [0.15, 0.2) is 0 Å². The topological polar surface area (TPSA) is 42.2 Å². The van der Waals surface area contributed by atoms with Gasteiger partial charge in [-0.1, -0.05) is 6.07 Å². The molecule has 0 unspecified atom stereocenters. The lowest BCUT2D eigenvalue weighted by Crippen LogP contribution is -1.97. The van der Waals surface area contributed by atoms with Crippen molar-refractivity contribution in [1.29, 1.82) is 5.26 Å². The van der Waals surface area contributed by atoms with Crippen molar-refractivity contribution < 1.29 is 13.9 Å². The summed E-state index contributed by atoms with van der Waals surface area (Å²) >= 11 is 0. The van der Waals surface area contributed by atoms with Gasteiger partial charge in [-0.25, -0.2) is 4.39 Å². The molecule has 4 heteroatoms. The monoisotopic (exact) mass is 271 g/mol. The van der Waals surface area contributed by atoms with Gasteiger partial charge in [-0.2, -0.15) is 5.26 Å². The molecule has 2 aromatic rings. The maximum atomic E-state index is 13.2. The summed E-state index contributed by atoms with van der Waals surface area (Å²) in [5, 5.41) is 8.76. The van der Waals surface area contributed by atoms with Crippen LogP contribution < -0.4 is 9.47 Å². The van der Waals surface area contributed by atoms with Crippen LogP contribution in [-0.4, -0.2) is 6.61 Å². The van der Waals surface area contributed by atoms with Crippen LogP contribution in [0.5, 0.6) is 11.5 Å². The van der Waals surface area contributed by atoms with Crippen molar-refractivity contribution in [2.24, 2.45) is 0 Å². The van der Waals surface area contributed by atoms with Crippen LogP contribution in [0.25, 0.3) is 0 Å². The van der Waals surface area contributed by atoms with E-state index in [1.807, 2.05) is 25.1 Å². The standard InChI is InChI=1S/C16H14FNO2/c1-2-19-14-4-6-15(7-5-14)20-11-12-3-8-16(17)13(9-12)10-18/h3-9H,2,11H2,1H3. The number of ether oxygens (including phenoxy) is 2. The first-order chi connectivity index (χ1) is 9.72. The van der Waals surface area contributed by atoms with Crippen molar-refractivity contribution in [3.8, 4) is 17.6 Å². The Morgan fingerprint density at radius 1 is 1.05 bits per heavy atom. The van der Waals surface area contributed by atoms with E-state index in [1.165, 1.54) is 12.1 Å². The van der Waals surface area contributed by atoms with Gasteiger partial charge in [0.2, 0.25) is 0 Å². The third kappa shape index (κ3) is 3.48. The fourth-order valence-electron chi connectivity index (χ4n) is 1.71. The van der Waals surface area contributed by atoms with Gasteiger partial charge < -0.3 is 9.47 Å². The number of hydrogen-bond donors (Lipinski definition) is 0. The normalized spacial score (nSPS) is 9.85. The van der Waals surface area contributed by atoms with E-state index >= 15 is 0 Å². The van der Waals surface area contributed by atoms with Gasteiger partial charge in [0.1, 0.15) is 30.0 Å². The number of halogens is 1. The zero-order chi connectivity index (χ0) is 14.4. The molecule has 2 rings (SSSR count). The Morgan fingerprint density at radius 2 is 1.70 bits per heavy atom. The third-order valence-corrected chi connectivity index (χ3v) is 2.69. The Balaban J connectivity index is 2.00. The number of hydrogen-bond acceptors (Lipinski definition) is 3. The summed E-state index contributed by atoms with van der Waals surface area (Å²) in [6.45, 7) is 2.82. The average Bonchev–Trinajstić information content (AvgIpc) is 2.48. The van der Waals surface area contributed by atoms with Crippen molar-refractivity contribution in [2.45, 2.75) is 13.5 Å². The minimum atomic E-state index is -0.516. The van der Waals surface area contributed by atoms with E-state index in [0.29, 0.717) is 12.4 Å². The van der Waals surface area contributed by atoms with Crippen LogP contribution in [0.2, 0.25) is 0 Å². The minimum absolute atomic E-state index is 0.0257. The van der Waals surface area contributed by atoms with Crippen LogP contribution in [0.3, 0.4) is 0 Å². The number of nitrogens with zero attached hydrogens (tertiary/aromatic N) is 1. The number of nitriles is 1. The molecule has 0 heterocycles. The van der Waals surface area contributed by atoms with Crippen molar-refractivity contribution >= 4 is 0 Å². The van der Waals surface area contributed by atoms with Gasteiger partial charge in [-0.3, -0.25) is 0 Å². The summed E-state index contributed by atoms with van der Waals surface area (Å²) in [5.41, 5.74) is 0.773. The lowest BCUT2D eigenvalue weighted by atomic mass is 10.1. The van der Waals surface area contributed by atoms with Crippen molar-refractivity contribution in [3.05, 3.63) is 59.4 Å². The van der Waals surface area contributed by atoms with Gasteiger partial charge in [-0.15, -0.1) is 0 Å². The highest BCUT2D eigenvalue weighted by Gasteiger charge is 2.03. The molecule has 0 spiro atoms. The molecule has 0 N–H and O–H groups in total. The lowest BCUT2D eigenvalue weighted by molar-refractivity contribution is 0.304. The second kappa shape index (κ2) is 6.58. The first-order valence-electron chi connectivity index (χ1n) is 6.27. The molecule has 102 valence electrons. The molecule has 0 aliphatic rings.